The number of nitrogens with two attached hydrogens (primary N) is 1. The smallest absolute Gasteiger partial charge is 0.231 e. The van der Waals surface area contributed by atoms with E-state index >= 15 is 0 Å². The van der Waals surface area contributed by atoms with Crippen LogP contribution in [0.25, 0.3) is 11.4 Å². The SMILES string of the molecule is NC1CCCCC1c1nc(-c2cccc(Br)c2)no1. The summed E-state index contributed by atoms with van der Waals surface area (Å²) in [5.41, 5.74) is 7.10. The largest absolute Gasteiger partial charge is 0.339 e. The van der Waals surface area contributed by atoms with Gasteiger partial charge in [0.05, 0.1) is 5.92 Å². The molecule has 4 nitrogen and oxygen atoms in total. The first-order valence-electron chi connectivity index (χ1n) is 6.59. The lowest BCUT2D eigenvalue weighted by Gasteiger charge is -2.25. The number of rotatable bonds is 2. The van der Waals surface area contributed by atoms with E-state index in [0.717, 1.165) is 22.9 Å². The molecule has 0 radical (unpaired) electrons. The predicted octanol–water partition coefficient (Wildman–Crippen LogP) is 3.48. The summed E-state index contributed by atoms with van der Waals surface area (Å²) in [6.45, 7) is 0. The van der Waals surface area contributed by atoms with Gasteiger partial charge in [-0.2, -0.15) is 4.98 Å². The van der Waals surface area contributed by atoms with Crippen LogP contribution in [0.5, 0.6) is 0 Å². The van der Waals surface area contributed by atoms with Crippen LogP contribution >= 0.6 is 15.9 Å². The second kappa shape index (κ2) is 5.43. The van der Waals surface area contributed by atoms with Crippen LogP contribution in [-0.2, 0) is 0 Å². The van der Waals surface area contributed by atoms with Gasteiger partial charge in [-0.25, -0.2) is 0 Å². The van der Waals surface area contributed by atoms with Gasteiger partial charge in [0.2, 0.25) is 11.7 Å². The topological polar surface area (TPSA) is 64.9 Å². The van der Waals surface area contributed by atoms with Crippen LogP contribution in [0.1, 0.15) is 37.5 Å². The van der Waals surface area contributed by atoms with Crippen molar-refractivity contribution in [1.82, 2.24) is 10.1 Å². The van der Waals surface area contributed by atoms with E-state index in [1.54, 1.807) is 0 Å². The first-order chi connectivity index (χ1) is 9.24. The van der Waals surface area contributed by atoms with Crippen LogP contribution in [-0.4, -0.2) is 16.2 Å². The van der Waals surface area contributed by atoms with Crippen molar-refractivity contribution < 1.29 is 4.52 Å². The number of aromatic nitrogens is 2. The predicted molar refractivity (Wildman–Crippen MR) is 76.6 cm³/mol. The Labute approximate surface area is 120 Å². The summed E-state index contributed by atoms with van der Waals surface area (Å²) < 4.78 is 6.42. The van der Waals surface area contributed by atoms with E-state index in [-0.39, 0.29) is 12.0 Å². The normalized spacial score (nSPS) is 23.5. The molecular formula is C14H16BrN3O. The van der Waals surface area contributed by atoms with Crippen molar-refractivity contribution in [3.05, 3.63) is 34.6 Å². The Morgan fingerprint density at radius 2 is 2.11 bits per heavy atom. The lowest BCUT2D eigenvalue weighted by molar-refractivity contribution is 0.290. The van der Waals surface area contributed by atoms with Crippen molar-refractivity contribution in [3.63, 3.8) is 0 Å². The van der Waals surface area contributed by atoms with Crippen LogP contribution < -0.4 is 5.73 Å². The molecular weight excluding hydrogens is 306 g/mol. The number of benzene rings is 1. The zero-order chi connectivity index (χ0) is 13.2. The molecule has 2 unspecified atom stereocenters. The van der Waals surface area contributed by atoms with E-state index in [9.17, 15) is 0 Å². The molecule has 1 aromatic heterocycles. The standard InChI is InChI=1S/C14H16BrN3O/c15-10-5-3-4-9(8-10)13-17-14(19-18-13)11-6-1-2-7-12(11)16/h3-5,8,11-12H,1-2,6-7,16H2. The monoisotopic (exact) mass is 321 g/mol. The molecule has 3 rings (SSSR count). The number of halogens is 1. The van der Waals surface area contributed by atoms with Gasteiger partial charge in [0.1, 0.15) is 0 Å². The summed E-state index contributed by atoms with van der Waals surface area (Å²) in [4.78, 5) is 4.52. The fraction of sp³-hybridized carbons (Fsp3) is 0.429. The van der Waals surface area contributed by atoms with Crippen LogP contribution in [0.3, 0.4) is 0 Å². The number of nitrogens with zero attached hydrogens (tertiary/aromatic N) is 2. The van der Waals surface area contributed by atoms with Crippen molar-refractivity contribution in [2.75, 3.05) is 0 Å². The van der Waals surface area contributed by atoms with Gasteiger partial charge >= 0.3 is 0 Å². The molecule has 0 bridgehead atoms. The first-order valence-corrected chi connectivity index (χ1v) is 7.38. The van der Waals surface area contributed by atoms with E-state index < -0.39 is 0 Å². The fourth-order valence-corrected chi connectivity index (χ4v) is 3.00. The van der Waals surface area contributed by atoms with Gasteiger partial charge in [0.25, 0.3) is 0 Å². The molecule has 1 aliphatic rings. The molecule has 1 fully saturated rings. The second-order valence-corrected chi connectivity index (χ2v) is 5.94. The van der Waals surface area contributed by atoms with E-state index in [1.165, 1.54) is 12.8 Å². The molecule has 2 atom stereocenters. The highest BCUT2D eigenvalue weighted by atomic mass is 79.9. The Hall–Kier alpha value is -1.20. The molecule has 1 aliphatic carbocycles. The maximum absolute atomic E-state index is 6.15. The van der Waals surface area contributed by atoms with Crippen LogP contribution in [0, 0.1) is 0 Å². The molecule has 0 saturated heterocycles. The first kappa shape index (κ1) is 12.8. The molecule has 19 heavy (non-hydrogen) atoms. The molecule has 1 saturated carbocycles. The minimum atomic E-state index is 0.143. The van der Waals surface area contributed by atoms with E-state index in [4.69, 9.17) is 10.3 Å². The third-order valence-corrected chi connectivity index (χ3v) is 4.15. The average molecular weight is 322 g/mol. The molecule has 2 N–H and O–H groups in total. The van der Waals surface area contributed by atoms with Gasteiger partial charge in [0.15, 0.2) is 0 Å². The van der Waals surface area contributed by atoms with E-state index in [2.05, 4.69) is 26.1 Å². The molecule has 0 aliphatic heterocycles. The Balaban J connectivity index is 1.86. The lowest BCUT2D eigenvalue weighted by atomic mass is 9.85. The quantitative estimate of drug-likeness (QED) is 0.919. The summed E-state index contributed by atoms with van der Waals surface area (Å²) >= 11 is 3.45. The fourth-order valence-electron chi connectivity index (χ4n) is 2.60. The summed E-state index contributed by atoms with van der Waals surface area (Å²) in [5.74, 6) is 1.53. The highest BCUT2D eigenvalue weighted by molar-refractivity contribution is 9.10. The highest BCUT2D eigenvalue weighted by Crippen LogP contribution is 2.32. The molecule has 0 amide bonds. The Morgan fingerprint density at radius 1 is 1.26 bits per heavy atom. The minimum absolute atomic E-state index is 0.143. The molecule has 2 aromatic rings. The van der Waals surface area contributed by atoms with Gasteiger partial charge in [0, 0.05) is 16.1 Å². The third kappa shape index (κ3) is 2.72. The van der Waals surface area contributed by atoms with E-state index in [0.29, 0.717) is 11.7 Å². The summed E-state index contributed by atoms with van der Waals surface area (Å²) in [6, 6.07) is 8.03. The van der Waals surface area contributed by atoms with Crippen LogP contribution in [0.4, 0.5) is 0 Å². The summed E-state index contributed by atoms with van der Waals surface area (Å²) in [5, 5.41) is 4.07. The van der Waals surface area contributed by atoms with Gasteiger partial charge < -0.3 is 10.3 Å². The van der Waals surface area contributed by atoms with Crippen LogP contribution in [0.2, 0.25) is 0 Å². The number of hydrogen-bond acceptors (Lipinski definition) is 4. The van der Waals surface area contributed by atoms with Gasteiger partial charge in [-0.3, -0.25) is 0 Å². The average Bonchev–Trinajstić information content (AvgIpc) is 2.89. The van der Waals surface area contributed by atoms with Gasteiger partial charge in [-0.15, -0.1) is 0 Å². The summed E-state index contributed by atoms with van der Waals surface area (Å²) in [6.07, 6.45) is 4.47. The van der Waals surface area contributed by atoms with Crippen LogP contribution in [0.15, 0.2) is 33.3 Å². The number of hydrogen-bond donors (Lipinski definition) is 1. The molecule has 100 valence electrons. The van der Waals surface area contributed by atoms with Crippen molar-refractivity contribution in [3.8, 4) is 11.4 Å². The maximum atomic E-state index is 6.15. The van der Waals surface area contributed by atoms with Crippen molar-refractivity contribution in [2.45, 2.75) is 37.6 Å². The highest BCUT2D eigenvalue weighted by Gasteiger charge is 2.28. The Morgan fingerprint density at radius 3 is 2.89 bits per heavy atom. The van der Waals surface area contributed by atoms with Crippen molar-refractivity contribution in [1.29, 1.82) is 0 Å². The summed E-state index contributed by atoms with van der Waals surface area (Å²) in [7, 11) is 0. The van der Waals surface area contributed by atoms with E-state index in [1.807, 2.05) is 24.3 Å². The maximum Gasteiger partial charge on any atom is 0.231 e. The molecule has 1 aromatic carbocycles. The zero-order valence-corrected chi connectivity index (χ0v) is 12.1. The Kier molecular flexibility index (Phi) is 3.66. The minimum Gasteiger partial charge on any atom is -0.339 e. The van der Waals surface area contributed by atoms with Crippen molar-refractivity contribution in [2.24, 2.45) is 5.73 Å². The molecule has 0 spiro atoms. The van der Waals surface area contributed by atoms with Crippen molar-refractivity contribution >= 4 is 15.9 Å². The van der Waals surface area contributed by atoms with Gasteiger partial charge in [-0.05, 0) is 25.0 Å². The molecule has 5 heteroatoms. The Bertz CT molecular complexity index is 569. The molecule has 1 heterocycles. The second-order valence-electron chi connectivity index (χ2n) is 5.02. The zero-order valence-electron chi connectivity index (χ0n) is 10.6. The van der Waals surface area contributed by atoms with Gasteiger partial charge in [-0.1, -0.05) is 46.1 Å². The lowest BCUT2D eigenvalue weighted by Crippen LogP contribution is -2.31. The third-order valence-electron chi connectivity index (χ3n) is 3.66.